The maximum Gasteiger partial charge on any atom is 0.242 e. The van der Waals surface area contributed by atoms with Crippen LogP contribution in [-0.2, 0) is 32.8 Å². The number of hydrogen-bond donors (Lipinski definition) is 1. The molecule has 0 radical (unpaired) electrons. The minimum atomic E-state index is -1.37. The van der Waals surface area contributed by atoms with Crippen LogP contribution in [0, 0.1) is 41.8 Å². The molecule has 2 aliphatic carbocycles. The number of likely N-dealkylation sites (tertiary alicyclic amines) is 2. The number of phenolic OH excluding ortho intramolecular Hbond substituents is 1. The first kappa shape index (κ1) is 38.1. The number of nitrogens with zero attached hydrogens (tertiary/aromatic N) is 5. The summed E-state index contributed by atoms with van der Waals surface area (Å²) in [4.78, 5) is 65.0. The van der Waals surface area contributed by atoms with Gasteiger partial charge in [-0.2, -0.15) is 5.10 Å². The number of amides is 4. The molecule has 0 bridgehead atoms. The van der Waals surface area contributed by atoms with Gasteiger partial charge in [0.15, 0.2) is 11.6 Å². The molecule has 10 nitrogen and oxygen atoms in total. The molecule has 0 spiro atoms. The van der Waals surface area contributed by atoms with E-state index in [0.29, 0.717) is 41.4 Å². The van der Waals surface area contributed by atoms with Crippen molar-refractivity contribution < 1.29 is 28.7 Å². The minimum absolute atomic E-state index is 0.172. The van der Waals surface area contributed by atoms with E-state index in [1.54, 1.807) is 42.1 Å². The highest BCUT2D eigenvalue weighted by atomic mass is 35.5. The van der Waals surface area contributed by atoms with Gasteiger partial charge in [0.1, 0.15) is 11.5 Å². The van der Waals surface area contributed by atoms with Crippen LogP contribution < -0.4 is 4.90 Å². The minimum Gasteiger partial charge on any atom is -0.505 e. The molecule has 13 heteroatoms. The molecule has 2 aromatic heterocycles. The zero-order valence-electron chi connectivity index (χ0n) is 32.9. The Morgan fingerprint density at radius 3 is 2.46 bits per heavy atom. The highest BCUT2D eigenvalue weighted by Gasteiger charge is 2.68. The summed E-state index contributed by atoms with van der Waals surface area (Å²) in [7, 11) is 1.70. The molecule has 5 heterocycles. The van der Waals surface area contributed by atoms with Crippen molar-refractivity contribution in [2.75, 3.05) is 18.0 Å². The number of allylic oxidation sites excluding steroid dienone is 2. The molecule has 10 rings (SSSR count). The van der Waals surface area contributed by atoms with E-state index >= 15 is 9.18 Å². The summed E-state index contributed by atoms with van der Waals surface area (Å²) in [5.41, 5.74) is 2.63. The van der Waals surface area contributed by atoms with E-state index in [2.05, 4.69) is 17.0 Å². The second kappa shape index (κ2) is 14.0. The van der Waals surface area contributed by atoms with Crippen molar-refractivity contribution in [3.05, 3.63) is 112 Å². The maximum atomic E-state index is 15.3. The predicted molar refractivity (Wildman–Crippen MR) is 223 cm³/mol. The van der Waals surface area contributed by atoms with Gasteiger partial charge < -0.3 is 5.11 Å². The van der Waals surface area contributed by atoms with Crippen LogP contribution in [0.3, 0.4) is 0 Å². The van der Waals surface area contributed by atoms with Crippen molar-refractivity contribution >= 4 is 62.5 Å². The van der Waals surface area contributed by atoms with Gasteiger partial charge in [0, 0.05) is 54.4 Å². The van der Waals surface area contributed by atoms with Gasteiger partial charge in [0.05, 0.1) is 28.0 Å². The lowest BCUT2D eigenvalue weighted by Gasteiger charge is -2.49. The van der Waals surface area contributed by atoms with Gasteiger partial charge in [-0.1, -0.05) is 59.6 Å². The van der Waals surface area contributed by atoms with Crippen molar-refractivity contribution in [2.24, 2.45) is 36.1 Å². The zero-order valence-corrected chi connectivity index (χ0v) is 34.5. The Morgan fingerprint density at radius 2 is 1.71 bits per heavy atom. The van der Waals surface area contributed by atoms with E-state index in [1.165, 1.54) is 27.5 Å². The number of phenols is 1. The molecule has 302 valence electrons. The number of aromatic nitrogens is 2. The van der Waals surface area contributed by atoms with Gasteiger partial charge >= 0.3 is 0 Å². The third-order valence-corrected chi connectivity index (χ3v) is 15.5. The SMILES string of the molecule is Cc1c(-c2cc(N3C(=O)[C@@H]4C[C@@H]5C(=CC[C@@H]6C(=O)N(C7CCN(Cc8ccccc8)CC7)C(=O)[C@@H]65)[C@H](c5ccc(O)c(F)c5)[C@]4(C)C3=O)n(C)n2)sc2ccc(Cl)cc12. The van der Waals surface area contributed by atoms with Crippen LogP contribution >= 0.6 is 22.9 Å². The Bertz CT molecular complexity index is 2630. The molecular weight excluding hydrogens is 789 g/mol. The number of halogens is 2. The molecule has 0 unspecified atom stereocenters. The topological polar surface area (TPSA) is 116 Å². The van der Waals surface area contributed by atoms with E-state index in [-0.39, 0.29) is 24.3 Å². The fraction of sp³-hybridized carbons (Fsp3) is 0.370. The summed E-state index contributed by atoms with van der Waals surface area (Å²) in [6.45, 7) is 6.08. The molecule has 3 saturated heterocycles. The Balaban J connectivity index is 0.992. The van der Waals surface area contributed by atoms with E-state index < -0.39 is 58.4 Å². The van der Waals surface area contributed by atoms with Gasteiger partial charge in [-0.05, 0) is 97.9 Å². The van der Waals surface area contributed by atoms with Crippen molar-refractivity contribution in [3.63, 3.8) is 0 Å². The van der Waals surface area contributed by atoms with Crippen LogP contribution in [0.2, 0.25) is 5.02 Å². The predicted octanol–water partition coefficient (Wildman–Crippen LogP) is 8.00. The number of thiophene rings is 1. The van der Waals surface area contributed by atoms with Gasteiger partial charge in [0.25, 0.3) is 0 Å². The number of fused-ring (bicyclic) bond motifs is 5. The third kappa shape index (κ3) is 5.77. The van der Waals surface area contributed by atoms with Gasteiger partial charge in [-0.15, -0.1) is 11.3 Å². The second-order valence-corrected chi connectivity index (χ2v) is 18.6. The van der Waals surface area contributed by atoms with E-state index in [1.807, 2.05) is 49.4 Å². The smallest absolute Gasteiger partial charge is 0.242 e. The highest BCUT2D eigenvalue weighted by molar-refractivity contribution is 7.22. The molecule has 1 saturated carbocycles. The van der Waals surface area contributed by atoms with Crippen molar-refractivity contribution in [2.45, 2.75) is 58.0 Å². The zero-order chi connectivity index (χ0) is 41.1. The summed E-state index contributed by atoms with van der Waals surface area (Å²) >= 11 is 7.88. The first-order valence-corrected chi connectivity index (χ1v) is 21.5. The van der Waals surface area contributed by atoms with Crippen molar-refractivity contribution in [1.29, 1.82) is 0 Å². The molecule has 59 heavy (non-hydrogen) atoms. The first-order chi connectivity index (χ1) is 28.3. The lowest BCUT2D eigenvalue weighted by atomic mass is 9.51. The molecule has 6 atom stereocenters. The summed E-state index contributed by atoms with van der Waals surface area (Å²) < 4.78 is 17.8. The fourth-order valence-corrected chi connectivity index (χ4v) is 12.4. The molecule has 4 amide bonds. The monoisotopic (exact) mass is 831 g/mol. The third-order valence-electron chi connectivity index (χ3n) is 14.0. The van der Waals surface area contributed by atoms with Gasteiger partial charge in [-0.25, -0.2) is 9.29 Å². The first-order valence-electron chi connectivity index (χ1n) is 20.3. The van der Waals surface area contributed by atoms with Crippen LogP contribution in [0.25, 0.3) is 20.7 Å². The normalized spacial score (nSPS) is 27.4. The molecule has 3 aromatic carbocycles. The molecule has 5 aromatic rings. The number of benzene rings is 3. The van der Waals surface area contributed by atoms with Gasteiger partial charge in [0.2, 0.25) is 23.6 Å². The van der Waals surface area contributed by atoms with Crippen LogP contribution in [-0.4, -0.2) is 67.4 Å². The number of anilines is 1. The maximum absolute atomic E-state index is 15.3. The number of hydrogen-bond acceptors (Lipinski definition) is 8. The van der Waals surface area contributed by atoms with Crippen LogP contribution in [0.5, 0.6) is 5.75 Å². The molecule has 4 fully saturated rings. The number of carbonyl (C=O) groups excluding carboxylic acids is 4. The van der Waals surface area contributed by atoms with Crippen molar-refractivity contribution in [3.8, 4) is 16.3 Å². The number of imide groups is 2. The Labute approximate surface area is 349 Å². The summed E-state index contributed by atoms with van der Waals surface area (Å²) in [6.07, 6.45) is 3.81. The number of rotatable bonds is 6. The average molecular weight is 832 g/mol. The Hall–Kier alpha value is -5.17. The second-order valence-electron chi connectivity index (χ2n) is 17.1. The highest BCUT2D eigenvalue weighted by Crippen LogP contribution is 2.64. The largest absolute Gasteiger partial charge is 0.505 e. The number of piperidine rings is 1. The molecule has 3 aliphatic heterocycles. The molecular formula is C46H43ClFN5O5S. The Morgan fingerprint density at radius 1 is 0.949 bits per heavy atom. The fourth-order valence-electron chi connectivity index (χ4n) is 11.1. The van der Waals surface area contributed by atoms with Gasteiger partial charge in [-0.3, -0.25) is 33.7 Å². The molecule has 1 N–H and O–H groups in total. The lowest BCUT2D eigenvalue weighted by molar-refractivity contribution is -0.144. The molecule has 5 aliphatic rings. The van der Waals surface area contributed by atoms with E-state index in [4.69, 9.17) is 16.7 Å². The number of aromatic hydroxyl groups is 1. The summed E-state index contributed by atoms with van der Waals surface area (Å²) in [5, 5.41) is 16.6. The van der Waals surface area contributed by atoms with Crippen molar-refractivity contribution in [1.82, 2.24) is 19.6 Å². The summed E-state index contributed by atoms with van der Waals surface area (Å²) in [6, 6.07) is 21.6. The van der Waals surface area contributed by atoms with E-state index in [0.717, 1.165) is 45.7 Å². The summed E-state index contributed by atoms with van der Waals surface area (Å²) in [5.74, 6) is -5.83. The van der Waals surface area contributed by atoms with Crippen LogP contribution in [0.4, 0.5) is 10.2 Å². The van der Waals surface area contributed by atoms with E-state index in [9.17, 15) is 19.5 Å². The lowest BCUT2D eigenvalue weighted by Crippen LogP contribution is -2.49. The standard InChI is InChI=1S/C46H43ClFN5O5S/c1-24-31-20-27(47)10-14-37(31)59-41(24)35-22-38(50(3)49-35)53-43(56)33-21-32-29(40(46(33,2)45(53)58)26-9-13-36(54)34(48)19-26)11-12-30-39(32)44(57)52(42(30)55)28-15-17-51(18-16-28)23-25-7-5-4-6-8-25/h4-11,13-14,19-20,22,28,30,32-33,39-40,54H,12,15-18,21,23H2,1-3H3/t30-,32+,33-,39-,40-,46+/m0/s1. The van der Waals surface area contributed by atoms with Crippen LogP contribution in [0.15, 0.2) is 84.4 Å². The number of aryl methyl sites for hydroxylation is 2. The average Bonchev–Trinajstić information content (AvgIpc) is 3.90. The quantitative estimate of drug-likeness (QED) is 0.136. The Kier molecular flexibility index (Phi) is 9.00. The number of carbonyl (C=O) groups is 4. The van der Waals surface area contributed by atoms with Crippen LogP contribution in [0.1, 0.15) is 55.2 Å².